The Bertz CT molecular complexity index is 1030. The largest absolute Gasteiger partial charge is 0.416 e. The average molecular weight is 447 g/mol. The predicted octanol–water partition coefficient (Wildman–Crippen LogP) is 3.37. The summed E-state index contributed by atoms with van der Waals surface area (Å²) in [5.74, 6) is 0.504. The second-order valence-electron chi connectivity index (χ2n) is 7.32. The summed E-state index contributed by atoms with van der Waals surface area (Å²) in [4.78, 5) is 4.25. The quantitative estimate of drug-likeness (QED) is 0.323. The molecule has 2 unspecified atom stereocenters. The van der Waals surface area contributed by atoms with Crippen molar-refractivity contribution < 1.29 is 28.5 Å². The third-order valence-corrected chi connectivity index (χ3v) is 4.72. The van der Waals surface area contributed by atoms with Crippen molar-refractivity contribution >= 4 is 11.5 Å². The van der Waals surface area contributed by atoms with E-state index in [4.69, 9.17) is 5.11 Å². The number of aromatic nitrogens is 1. The van der Waals surface area contributed by atoms with Crippen LogP contribution in [0.25, 0.3) is 0 Å². The van der Waals surface area contributed by atoms with Crippen LogP contribution < -0.4 is 10.6 Å². The van der Waals surface area contributed by atoms with Crippen LogP contribution >= 0.6 is 0 Å². The van der Waals surface area contributed by atoms with Crippen LogP contribution in [0.1, 0.15) is 28.5 Å². The van der Waals surface area contributed by atoms with Crippen molar-refractivity contribution in [2.75, 3.05) is 18.5 Å². The molecule has 32 heavy (non-hydrogen) atoms. The van der Waals surface area contributed by atoms with E-state index in [2.05, 4.69) is 15.6 Å². The molecule has 0 aliphatic carbocycles. The second-order valence-corrected chi connectivity index (χ2v) is 7.32. The maximum Gasteiger partial charge on any atom is 0.416 e. The van der Waals surface area contributed by atoms with Gasteiger partial charge in [0.2, 0.25) is 0 Å². The number of benzene rings is 2. The lowest BCUT2D eigenvalue weighted by Gasteiger charge is -2.16. The summed E-state index contributed by atoms with van der Waals surface area (Å²) >= 11 is 0. The van der Waals surface area contributed by atoms with E-state index in [0.717, 1.165) is 17.7 Å². The molecule has 0 aliphatic rings. The minimum atomic E-state index is -4.39. The first-order chi connectivity index (χ1) is 15.2. The molecule has 3 aromatic rings. The first kappa shape index (κ1) is 23.7. The van der Waals surface area contributed by atoms with Crippen LogP contribution in [-0.4, -0.2) is 39.6 Å². The summed E-state index contributed by atoms with van der Waals surface area (Å²) in [7, 11) is 0. The Balaban J connectivity index is 1.69. The van der Waals surface area contributed by atoms with Crippen molar-refractivity contribution in [3.05, 3.63) is 89.1 Å². The fourth-order valence-corrected chi connectivity index (χ4v) is 3.11. The maximum atomic E-state index is 12.9. The van der Waals surface area contributed by atoms with Crippen LogP contribution in [-0.2, 0) is 12.6 Å². The van der Waals surface area contributed by atoms with Gasteiger partial charge in [0.15, 0.2) is 0 Å². The van der Waals surface area contributed by atoms with E-state index in [0.29, 0.717) is 29.1 Å². The number of pyridine rings is 1. The monoisotopic (exact) mass is 447 g/mol. The summed E-state index contributed by atoms with van der Waals surface area (Å²) in [6.07, 6.45) is -4.52. The molecule has 0 amide bonds. The zero-order valence-electron chi connectivity index (χ0n) is 17.0. The molecule has 0 fully saturated rings. The van der Waals surface area contributed by atoms with Crippen LogP contribution in [0.3, 0.4) is 0 Å². The Morgan fingerprint density at radius 2 is 1.69 bits per heavy atom. The van der Waals surface area contributed by atoms with E-state index < -0.39 is 30.7 Å². The van der Waals surface area contributed by atoms with E-state index >= 15 is 0 Å². The molecular formula is C23H24F3N3O3. The van der Waals surface area contributed by atoms with E-state index in [9.17, 15) is 23.4 Å². The molecule has 5 N–H and O–H groups in total. The number of nitrogens with zero attached hydrogens (tertiary/aromatic N) is 1. The van der Waals surface area contributed by atoms with Gasteiger partial charge < -0.3 is 20.6 Å². The smallest absolute Gasteiger partial charge is 0.394 e. The summed E-state index contributed by atoms with van der Waals surface area (Å²) < 4.78 is 38.8. The fraction of sp³-hybridized carbons (Fsp3) is 0.261. The molecule has 170 valence electrons. The zero-order valence-corrected chi connectivity index (χ0v) is 17.0. The van der Waals surface area contributed by atoms with Crippen LogP contribution in [0.5, 0.6) is 0 Å². The standard InChI is InChI=1S/C23H24F3N3O3/c24-23(25,26)18-5-1-3-15(10-18)9-16-7-8-27-21(11-16)29-19-6-2-4-17(12-19)22(32)28-13-20(31)14-30/h1-8,10-12,20,22,28,30-32H,9,13-14H2,(H,27,29). The number of rotatable bonds is 9. The van der Waals surface area contributed by atoms with Crippen LogP contribution in [0.4, 0.5) is 24.7 Å². The Labute approximate surface area is 183 Å². The van der Waals surface area contributed by atoms with Gasteiger partial charge in [-0.25, -0.2) is 4.98 Å². The Morgan fingerprint density at radius 3 is 2.44 bits per heavy atom. The minimum Gasteiger partial charge on any atom is -0.394 e. The molecule has 0 bridgehead atoms. The molecule has 2 aromatic carbocycles. The molecular weight excluding hydrogens is 423 g/mol. The van der Waals surface area contributed by atoms with Crippen LogP contribution in [0.2, 0.25) is 0 Å². The fourth-order valence-electron chi connectivity index (χ4n) is 3.11. The SMILES string of the molecule is OCC(O)CNC(O)c1cccc(Nc2cc(Cc3cccc(C(F)(F)F)c3)ccn2)c1. The molecule has 0 saturated carbocycles. The van der Waals surface area contributed by atoms with Crippen molar-refractivity contribution in [3.8, 4) is 0 Å². The Kier molecular flexibility index (Phi) is 7.81. The lowest BCUT2D eigenvalue weighted by Crippen LogP contribution is -2.32. The van der Waals surface area contributed by atoms with Gasteiger partial charge in [0.1, 0.15) is 12.0 Å². The molecule has 9 heteroatoms. The van der Waals surface area contributed by atoms with Gasteiger partial charge in [0.05, 0.1) is 18.3 Å². The second kappa shape index (κ2) is 10.6. The predicted molar refractivity (Wildman–Crippen MR) is 114 cm³/mol. The third-order valence-electron chi connectivity index (χ3n) is 4.72. The van der Waals surface area contributed by atoms with Gasteiger partial charge in [0.25, 0.3) is 0 Å². The summed E-state index contributed by atoms with van der Waals surface area (Å²) in [5.41, 5.74) is 1.84. The first-order valence-corrected chi connectivity index (χ1v) is 9.93. The van der Waals surface area contributed by atoms with Gasteiger partial charge >= 0.3 is 6.18 Å². The number of hydrogen-bond acceptors (Lipinski definition) is 6. The normalized spacial score (nSPS) is 13.6. The van der Waals surface area contributed by atoms with Gasteiger partial charge in [-0.05, 0) is 53.4 Å². The molecule has 3 rings (SSSR count). The van der Waals surface area contributed by atoms with Gasteiger partial charge in [-0.1, -0.05) is 30.3 Å². The average Bonchev–Trinajstić information content (AvgIpc) is 2.77. The number of nitrogens with one attached hydrogen (secondary N) is 2. The van der Waals surface area contributed by atoms with Gasteiger partial charge in [0, 0.05) is 18.4 Å². The number of halogens is 3. The Hall–Kier alpha value is -2.98. The highest BCUT2D eigenvalue weighted by Crippen LogP contribution is 2.30. The molecule has 6 nitrogen and oxygen atoms in total. The number of anilines is 2. The molecule has 2 atom stereocenters. The van der Waals surface area contributed by atoms with Crippen LogP contribution in [0, 0.1) is 0 Å². The maximum absolute atomic E-state index is 12.9. The van der Waals surface area contributed by atoms with Gasteiger partial charge in [-0.2, -0.15) is 13.2 Å². The summed E-state index contributed by atoms with van der Waals surface area (Å²) in [6.45, 7) is -0.391. The zero-order chi connectivity index (χ0) is 23.1. The summed E-state index contributed by atoms with van der Waals surface area (Å²) in [5, 5.41) is 34.3. The number of aliphatic hydroxyl groups is 3. The lowest BCUT2D eigenvalue weighted by atomic mass is 10.0. The van der Waals surface area contributed by atoms with Gasteiger partial charge in [-0.15, -0.1) is 0 Å². The highest BCUT2D eigenvalue weighted by molar-refractivity contribution is 5.58. The third kappa shape index (κ3) is 6.76. The van der Waals surface area contributed by atoms with E-state index in [-0.39, 0.29) is 6.54 Å². The first-order valence-electron chi connectivity index (χ1n) is 9.93. The lowest BCUT2D eigenvalue weighted by molar-refractivity contribution is -0.137. The Morgan fingerprint density at radius 1 is 0.938 bits per heavy atom. The molecule has 0 spiro atoms. The van der Waals surface area contributed by atoms with Crippen LogP contribution in [0.15, 0.2) is 66.9 Å². The van der Waals surface area contributed by atoms with Crippen molar-refractivity contribution in [2.45, 2.75) is 24.9 Å². The number of alkyl halides is 3. The molecule has 0 saturated heterocycles. The highest BCUT2D eigenvalue weighted by Gasteiger charge is 2.30. The van der Waals surface area contributed by atoms with Crippen molar-refractivity contribution in [1.82, 2.24) is 10.3 Å². The molecule has 1 heterocycles. The summed E-state index contributed by atoms with van der Waals surface area (Å²) in [6, 6.07) is 15.6. The highest BCUT2D eigenvalue weighted by atomic mass is 19.4. The van der Waals surface area contributed by atoms with Gasteiger partial charge in [-0.3, -0.25) is 5.32 Å². The minimum absolute atomic E-state index is 0.0223. The number of hydrogen-bond donors (Lipinski definition) is 5. The molecule has 1 aromatic heterocycles. The number of aliphatic hydroxyl groups excluding tert-OH is 3. The molecule has 0 aliphatic heterocycles. The van der Waals surface area contributed by atoms with Crippen molar-refractivity contribution in [2.24, 2.45) is 0 Å². The topological polar surface area (TPSA) is 97.6 Å². The van der Waals surface area contributed by atoms with E-state index in [1.165, 1.54) is 6.07 Å². The van der Waals surface area contributed by atoms with Crippen molar-refractivity contribution in [1.29, 1.82) is 0 Å². The van der Waals surface area contributed by atoms with E-state index in [1.807, 2.05) is 0 Å². The van der Waals surface area contributed by atoms with Crippen molar-refractivity contribution in [3.63, 3.8) is 0 Å². The van der Waals surface area contributed by atoms with E-state index in [1.54, 1.807) is 48.7 Å². The molecule has 0 radical (unpaired) electrons.